The first-order chi connectivity index (χ1) is 17.5. The predicted octanol–water partition coefficient (Wildman–Crippen LogP) is 5.69. The molecule has 8 heteroatoms. The molecule has 0 aliphatic heterocycles. The van der Waals surface area contributed by atoms with E-state index in [-0.39, 0.29) is 0 Å². The molecule has 0 aliphatic rings. The Labute approximate surface area is 207 Å². The number of para-hydroxylation sites is 2. The Bertz CT molecular complexity index is 1810. The van der Waals surface area contributed by atoms with E-state index in [0.29, 0.717) is 23.0 Å². The quantitative estimate of drug-likeness (QED) is 0.355. The van der Waals surface area contributed by atoms with Crippen LogP contribution in [0.5, 0.6) is 0 Å². The van der Waals surface area contributed by atoms with Crippen molar-refractivity contribution in [3.63, 3.8) is 0 Å². The number of aryl methyl sites for hydroxylation is 3. The molecule has 2 aromatic carbocycles. The van der Waals surface area contributed by atoms with Gasteiger partial charge in [0.1, 0.15) is 17.5 Å². The van der Waals surface area contributed by atoms with Crippen LogP contribution in [0.3, 0.4) is 0 Å². The van der Waals surface area contributed by atoms with Crippen LogP contribution in [0.4, 0.5) is 11.6 Å². The number of nitrogens with zero attached hydrogens (tertiary/aromatic N) is 7. The van der Waals surface area contributed by atoms with Gasteiger partial charge >= 0.3 is 0 Å². The maximum absolute atomic E-state index is 9.81. The fourth-order valence-electron chi connectivity index (χ4n) is 4.60. The fourth-order valence-corrected chi connectivity index (χ4v) is 4.60. The van der Waals surface area contributed by atoms with Crippen molar-refractivity contribution in [1.29, 1.82) is 5.26 Å². The van der Waals surface area contributed by atoms with Crippen molar-refractivity contribution >= 4 is 33.6 Å². The molecule has 0 radical (unpaired) electrons. The third-order valence-electron chi connectivity index (χ3n) is 6.27. The summed E-state index contributed by atoms with van der Waals surface area (Å²) in [7, 11) is 0. The molecule has 6 rings (SSSR count). The molecule has 4 aromatic heterocycles. The zero-order valence-corrected chi connectivity index (χ0v) is 20.1. The fraction of sp³-hybridized carbons (Fsp3) is 0.107. The molecule has 0 fully saturated rings. The molecule has 0 atom stereocenters. The second-order valence-electron chi connectivity index (χ2n) is 8.73. The second-order valence-corrected chi connectivity index (χ2v) is 8.73. The molecule has 1 N–H and O–H groups in total. The van der Waals surface area contributed by atoms with Gasteiger partial charge in [-0.25, -0.2) is 14.6 Å². The van der Waals surface area contributed by atoms with Crippen LogP contribution in [0.25, 0.3) is 33.4 Å². The number of nitriles is 1. The van der Waals surface area contributed by atoms with Gasteiger partial charge in [-0.2, -0.15) is 20.1 Å². The summed E-state index contributed by atoms with van der Waals surface area (Å²) in [6, 6.07) is 24.1. The number of hydrogen-bond acceptors (Lipinski definition) is 6. The van der Waals surface area contributed by atoms with Gasteiger partial charge in [0.2, 0.25) is 0 Å². The van der Waals surface area contributed by atoms with Crippen LogP contribution in [-0.4, -0.2) is 29.5 Å². The minimum Gasteiger partial charge on any atom is -0.324 e. The molecular weight excluding hydrogens is 448 g/mol. The topological polar surface area (TPSA) is 97.2 Å². The Hall–Kier alpha value is -5.03. The van der Waals surface area contributed by atoms with Gasteiger partial charge in [0.15, 0.2) is 17.3 Å². The third-order valence-corrected chi connectivity index (χ3v) is 6.27. The summed E-state index contributed by atoms with van der Waals surface area (Å²) >= 11 is 0. The van der Waals surface area contributed by atoms with Crippen molar-refractivity contribution in [1.82, 2.24) is 29.5 Å². The highest BCUT2D eigenvalue weighted by molar-refractivity contribution is 5.86. The van der Waals surface area contributed by atoms with Gasteiger partial charge in [0, 0.05) is 10.8 Å². The Kier molecular flexibility index (Phi) is 4.97. The van der Waals surface area contributed by atoms with Crippen LogP contribution in [0.15, 0.2) is 72.9 Å². The van der Waals surface area contributed by atoms with Crippen LogP contribution in [0.2, 0.25) is 0 Å². The number of hydrogen-bond donors (Lipinski definition) is 1. The summed E-state index contributed by atoms with van der Waals surface area (Å²) in [6.45, 7) is 6.07. The van der Waals surface area contributed by atoms with Crippen LogP contribution < -0.4 is 5.32 Å². The van der Waals surface area contributed by atoms with Gasteiger partial charge in [-0.05, 0) is 62.2 Å². The summed E-state index contributed by atoms with van der Waals surface area (Å²) in [4.78, 5) is 9.70. The number of aromatic nitrogens is 6. The van der Waals surface area contributed by atoms with Crippen molar-refractivity contribution in [2.24, 2.45) is 0 Å². The molecule has 4 heterocycles. The van der Waals surface area contributed by atoms with Crippen LogP contribution in [-0.2, 0) is 0 Å². The van der Waals surface area contributed by atoms with E-state index >= 15 is 0 Å². The summed E-state index contributed by atoms with van der Waals surface area (Å²) in [5.41, 5.74) is 5.95. The maximum atomic E-state index is 9.81. The number of pyridine rings is 2. The van der Waals surface area contributed by atoms with E-state index < -0.39 is 0 Å². The van der Waals surface area contributed by atoms with Gasteiger partial charge in [0.25, 0.3) is 0 Å². The Morgan fingerprint density at radius 3 is 2.44 bits per heavy atom. The normalized spacial score (nSPS) is 11.2. The second kappa shape index (κ2) is 8.32. The Morgan fingerprint density at radius 2 is 1.64 bits per heavy atom. The minimum atomic E-state index is 0.398. The van der Waals surface area contributed by atoms with E-state index in [9.17, 15) is 5.26 Å². The molecule has 6 aromatic rings. The lowest BCUT2D eigenvalue weighted by atomic mass is 10.1. The van der Waals surface area contributed by atoms with Gasteiger partial charge in [0.05, 0.1) is 23.1 Å². The Balaban J connectivity index is 1.49. The molecule has 0 bridgehead atoms. The highest BCUT2D eigenvalue weighted by atomic mass is 15.4. The van der Waals surface area contributed by atoms with Crippen molar-refractivity contribution < 1.29 is 0 Å². The first-order valence-electron chi connectivity index (χ1n) is 11.6. The molecule has 0 unspecified atom stereocenters. The van der Waals surface area contributed by atoms with Gasteiger partial charge in [-0.15, -0.1) is 0 Å². The third kappa shape index (κ3) is 3.46. The monoisotopic (exact) mass is 470 g/mol. The van der Waals surface area contributed by atoms with E-state index in [1.165, 1.54) is 6.20 Å². The van der Waals surface area contributed by atoms with E-state index in [2.05, 4.69) is 16.5 Å². The molecule has 0 saturated carbocycles. The number of nitrogens with one attached hydrogen (secondary N) is 1. The predicted molar refractivity (Wildman–Crippen MR) is 140 cm³/mol. The molecule has 0 amide bonds. The van der Waals surface area contributed by atoms with Crippen molar-refractivity contribution in [2.45, 2.75) is 20.8 Å². The maximum Gasteiger partial charge on any atom is 0.165 e. The van der Waals surface area contributed by atoms with Gasteiger partial charge in [-0.1, -0.05) is 36.4 Å². The van der Waals surface area contributed by atoms with Crippen LogP contribution in [0.1, 0.15) is 22.4 Å². The van der Waals surface area contributed by atoms with Crippen LogP contribution in [0, 0.1) is 32.1 Å². The highest BCUT2D eigenvalue weighted by Gasteiger charge is 2.18. The average Bonchev–Trinajstić information content (AvgIpc) is 3.45. The van der Waals surface area contributed by atoms with E-state index in [4.69, 9.17) is 15.1 Å². The smallest absolute Gasteiger partial charge is 0.165 e. The first kappa shape index (κ1) is 21.5. The van der Waals surface area contributed by atoms with E-state index in [1.807, 2.05) is 92.2 Å². The van der Waals surface area contributed by atoms with E-state index in [0.717, 1.165) is 44.4 Å². The highest BCUT2D eigenvalue weighted by Crippen LogP contribution is 2.29. The zero-order chi connectivity index (χ0) is 24.8. The lowest BCUT2D eigenvalue weighted by Crippen LogP contribution is -2.07. The summed E-state index contributed by atoms with van der Waals surface area (Å²) in [5.74, 6) is 1.72. The lowest BCUT2D eigenvalue weighted by molar-refractivity contribution is 0.857. The molecule has 0 aliphatic carbocycles. The molecule has 36 heavy (non-hydrogen) atoms. The number of rotatable bonds is 4. The van der Waals surface area contributed by atoms with E-state index in [1.54, 1.807) is 4.68 Å². The first-order valence-corrected chi connectivity index (χ1v) is 11.6. The summed E-state index contributed by atoms with van der Waals surface area (Å²) in [6.07, 6.45) is 1.54. The van der Waals surface area contributed by atoms with Crippen molar-refractivity contribution in [2.75, 3.05) is 5.32 Å². The summed E-state index contributed by atoms with van der Waals surface area (Å²) in [5, 5.41) is 24.5. The molecule has 0 spiro atoms. The molecular formula is C28H22N8. The molecule has 8 nitrogen and oxygen atoms in total. The summed E-state index contributed by atoms with van der Waals surface area (Å²) < 4.78 is 3.50. The Morgan fingerprint density at radius 1 is 0.861 bits per heavy atom. The number of benzene rings is 2. The zero-order valence-electron chi connectivity index (χ0n) is 20.1. The SMILES string of the molecule is Cc1cc(-n2ncc(C#N)c2Nc2cc(C)c3c(C)nn(-c4ccccc4)c3n2)nc2ccccc12. The van der Waals surface area contributed by atoms with Crippen molar-refractivity contribution in [3.05, 3.63) is 95.3 Å². The standard InChI is InChI=1S/C28H22N8/c1-17-14-25(31-23-12-8-7-11-22(17)23)36-27(20(15-29)16-30-36)32-24-13-18(2)26-19(3)34-35(28(26)33-24)21-9-5-4-6-10-21/h4-14,16H,1-3H3,(H,32,33). The van der Waals surface area contributed by atoms with Gasteiger partial charge < -0.3 is 5.32 Å². The minimum absolute atomic E-state index is 0.398. The van der Waals surface area contributed by atoms with Gasteiger partial charge in [-0.3, -0.25) is 0 Å². The van der Waals surface area contributed by atoms with Crippen molar-refractivity contribution in [3.8, 4) is 17.6 Å². The average molecular weight is 471 g/mol. The van der Waals surface area contributed by atoms with Crippen LogP contribution >= 0.6 is 0 Å². The lowest BCUT2D eigenvalue weighted by Gasteiger charge is -2.12. The largest absolute Gasteiger partial charge is 0.324 e. The number of anilines is 2. The molecule has 174 valence electrons. The molecule has 0 saturated heterocycles. The number of fused-ring (bicyclic) bond motifs is 2.